The maximum atomic E-state index is 11.8. The summed E-state index contributed by atoms with van der Waals surface area (Å²) in [6.07, 6.45) is 3.25. The lowest BCUT2D eigenvalue weighted by Gasteiger charge is -1.98. The van der Waals surface area contributed by atoms with E-state index in [1.54, 1.807) is 0 Å². The third kappa shape index (κ3) is 2.46. The van der Waals surface area contributed by atoms with Crippen molar-refractivity contribution in [2.24, 2.45) is 5.84 Å². The molecule has 20 heavy (non-hydrogen) atoms. The van der Waals surface area contributed by atoms with Crippen molar-refractivity contribution in [3.63, 3.8) is 0 Å². The highest BCUT2D eigenvalue weighted by molar-refractivity contribution is 7.17. The number of hydrogen-bond donors (Lipinski definition) is 2. The molecule has 1 aromatic heterocycles. The van der Waals surface area contributed by atoms with Gasteiger partial charge in [0.1, 0.15) is 9.88 Å². The minimum absolute atomic E-state index is 0.235. The molecule has 0 atom stereocenters. The Kier molecular flexibility index (Phi) is 3.54. The molecule has 3 N–H and O–H groups in total. The number of nitrogen functional groups attached to an aromatic ring is 1. The van der Waals surface area contributed by atoms with E-state index in [-0.39, 0.29) is 5.91 Å². The molecule has 1 saturated carbocycles. The molecule has 4 nitrogen and oxygen atoms in total. The Morgan fingerprint density at radius 1 is 1.40 bits per heavy atom. The molecule has 1 aromatic carbocycles. The Hall–Kier alpha value is -1.72. The van der Waals surface area contributed by atoms with Crippen LogP contribution in [0.5, 0.6) is 0 Å². The molecule has 0 spiro atoms. The van der Waals surface area contributed by atoms with Crippen LogP contribution in [-0.2, 0) is 6.42 Å². The van der Waals surface area contributed by atoms with Gasteiger partial charge >= 0.3 is 0 Å². The normalized spacial score (nSPS) is 14.3. The summed E-state index contributed by atoms with van der Waals surface area (Å²) in [7, 11) is 0. The Morgan fingerprint density at radius 3 is 2.65 bits per heavy atom. The second-order valence-electron chi connectivity index (χ2n) is 5.03. The van der Waals surface area contributed by atoms with Crippen molar-refractivity contribution in [3.8, 4) is 10.6 Å². The van der Waals surface area contributed by atoms with Gasteiger partial charge in [-0.25, -0.2) is 10.8 Å². The molecular weight excluding hydrogens is 270 g/mol. The number of rotatable bonds is 4. The molecule has 0 bridgehead atoms. The van der Waals surface area contributed by atoms with Crippen molar-refractivity contribution in [1.29, 1.82) is 0 Å². The van der Waals surface area contributed by atoms with E-state index in [1.807, 2.05) is 0 Å². The lowest BCUT2D eigenvalue weighted by molar-refractivity contribution is 0.0956. The largest absolute Gasteiger partial charge is 0.289 e. The van der Waals surface area contributed by atoms with Crippen LogP contribution in [0.2, 0.25) is 0 Å². The number of carbonyl (C=O) groups excluding carboxylic acids is 1. The van der Waals surface area contributed by atoms with Crippen molar-refractivity contribution in [3.05, 3.63) is 40.4 Å². The number of carbonyl (C=O) groups is 1. The highest BCUT2D eigenvalue weighted by atomic mass is 32.1. The van der Waals surface area contributed by atoms with Gasteiger partial charge in [0.05, 0.1) is 5.69 Å². The smallest absolute Gasteiger partial charge is 0.277 e. The van der Waals surface area contributed by atoms with Crippen molar-refractivity contribution in [1.82, 2.24) is 10.4 Å². The second-order valence-corrected chi connectivity index (χ2v) is 6.03. The molecule has 3 rings (SSSR count). The van der Waals surface area contributed by atoms with Crippen LogP contribution >= 0.6 is 11.3 Å². The number of nitrogens with one attached hydrogen (secondary N) is 1. The molecule has 104 valence electrons. The lowest BCUT2D eigenvalue weighted by Crippen LogP contribution is -2.29. The molecule has 1 heterocycles. The first-order valence-corrected chi connectivity index (χ1v) is 7.65. The van der Waals surface area contributed by atoms with E-state index in [1.165, 1.54) is 16.9 Å². The topological polar surface area (TPSA) is 68.0 Å². The highest BCUT2D eigenvalue weighted by Crippen LogP contribution is 2.44. The average molecular weight is 287 g/mol. The molecule has 0 radical (unpaired) electrons. The molecule has 1 amide bonds. The average Bonchev–Trinajstić information content (AvgIpc) is 3.25. The number of aryl methyl sites for hydroxylation is 1. The van der Waals surface area contributed by atoms with Crippen LogP contribution in [0, 0.1) is 0 Å². The fourth-order valence-electron chi connectivity index (χ4n) is 2.20. The van der Waals surface area contributed by atoms with Gasteiger partial charge in [0.2, 0.25) is 0 Å². The van der Waals surface area contributed by atoms with Crippen LogP contribution in [0.1, 0.15) is 46.6 Å². The zero-order chi connectivity index (χ0) is 14.1. The molecule has 0 saturated heterocycles. The molecule has 1 aliphatic carbocycles. The standard InChI is InChI=1S/C15H17N3OS/c1-2-9-3-5-11(6-4-9)15-17-12(10-7-8-10)13(20-15)14(19)18-16/h3-6,10H,2,7-8,16H2,1H3,(H,18,19). The zero-order valence-electron chi connectivity index (χ0n) is 11.3. The highest BCUT2D eigenvalue weighted by Gasteiger charge is 2.32. The van der Waals surface area contributed by atoms with E-state index in [2.05, 4.69) is 41.6 Å². The van der Waals surface area contributed by atoms with Crippen LogP contribution in [0.3, 0.4) is 0 Å². The summed E-state index contributed by atoms with van der Waals surface area (Å²) < 4.78 is 0. The predicted octanol–water partition coefficient (Wildman–Crippen LogP) is 2.85. The van der Waals surface area contributed by atoms with Crippen LogP contribution in [0.25, 0.3) is 10.6 Å². The Labute approximate surface area is 122 Å². The summed E-state index contributed by atoms with van der Waals surface area (Å²) in [6.45, 7) is 2.13. The molecular formula is C15H17N3OS. The number of amides is 1. The van der Waals surface area contributed by atoms with Gasteiger partial charge in [0.25, 0.3) is 5.91 Å². The summed E-state index contributed by atoms with van der Waals surface area (Å²) in [5.74, 6) is 5.46. The number of thiazole rings is 1. The summed E-state index contributed by atoms with van der Waals surface area (Å²) in [4.78, 5) is 17.2. The molecule has 0 unspecified atom stereocenters. The van der Waals surface area contributed by atoms with Crippen LogP contribution in [-0.4, -0.2) is 10.9 Å². The van der Waals surface area contributed by atoms with E-state index >= 15 is 0 Å². The summed E-state index contributed by atoms with van der Waals surface area (Å²) in [6, 6.07) is 8.35. The first-order valence-electron chi connectivity index (χ1n) is 6.84. The Morgan fingerprint density at radius 2 is 2.10 bits per heavy atom. The summed E-state index contributed by atoms with van der Waals surface area (Å²) in [5.41, 5.74) is 5.49. The Bertz CT molecular complexity index is 629. The molecule has 0 aliphatic heterocycles. The van der Waals surface area contributed by atoms with E-state index in [4.69, 9.17) is 5.84 Å². The minimum atomic E-state index is -0.235. The van der Waals surface area contributed by atoms with E-state index in [9.17, 15) is 4.79 Å². The predicted molar refractivity (Wildman–Crippen MR) is 80.6 cm³/mol. The van der Waals surface area contributed by atoms with Gasteiger partial charge in [-0.05, 0) is 24.8 Å². The summed E-state index contributed by atoms with van der Waals surface area (Å²) in [5, 5.41) is 0.896. The lowest BCUT2D eigenvalue weighted by atomic mass is 10.1. The van der Waals surface area contributed by atoms with Gasteiger partial charge in [-0.3, -0.25) is 10.2 Å². The first-order chi connectivity index (χ1) is 9.72. The number of hydrazine groups is 1. The number of nitrogens with zero attached hydrogens (tertiary/aromatic N) is 1. The van der Waals surface area contributed by atoms with Crippen molar-refractivity contribution < 1.29 is 4.79 Å². The van der Waals surface area contributed by atoms with E-state index in [0.717, 1.165) is 35.5 Å². The van der Waals surface area contributed by atoms with E-state index in [0.29, 0.717) is 10.8 Å². The van der Waals surface area contributed by atoms with Gasteiger partial charge in [0, 0.05) is 11.5 Å². The summed E-state index contributed by atoms with van der Waals surface area (Å²) >= 11 is 1.42. The number of nitrogens with two attached hydrogens (primary N) is 1. The monoisotopic (exact) mass is 287 g/mol. The minimum Gasteiger partial charge on any atom is -0.289 e. The van der Waals surface area contributed by atoms with Gasteiger partial charge in [-0.1, -0.05) is 31.2 Å². The van der Waals surface area contributed by atoms with Crippen molar-refractivity contribution >= 4 is 17.2 Å². The van der Waals surface area contributed by atoms with Crippen LogP contribution in [0.15, 0.2) is 24.3 Å². The number of aromatic nitrogens is 1. The SMILES string of the molecule is CCc1ccc(-c2nc(C3CC3)c(C(=O)NN)s2)cc1. The van der Waals surface area contributed by atoms with Gasteiger partial charge in [-0.15, -0.1) is 11.3 Å². The Balaban J connectivity index is 1.98. The van der Waals surface area contributed by atoms with Crippen LogP contribution in [0.4, 0.5) is 0 Å². The van der Waals surface area contributed by atoms with Gasteiger partial charge in [0.15, 0.2) is 0 Å². The second kappa shape index (κ2) is 5.34. The fraction of sp³-hybridized carbons (Fsp3) is 0.333. The fourth-order valence-corrected chi connectivity index (χ4v) is 3.26. The molecule has 1 fully saturated rings. The molecule has 2 aromatic rings. The molecule has 1 aliphatic rings. The maximum absolute atomic E-state index is 11.8. The van der Waals surface area contributed by atoms with Crippen molar-refractivity contribution in [2.45, 2.75) is 32.1 Å². The van der Waals surface area contributed by atoms with Crippen molar-refractivity contribution in [2.75, 3.05) is 0 Å². The maximum Gasteiger partial charge on any atom is 0.277 e. The first kappa shape index (κ1) is 13.3. The number of benzene rings is 1. The van der Waals surface area contributed by atoms with Crippen LogP contribution < -0.4 is 11.3 Å². The van der Waals surface area contributed by atoms with Gasteiger partial charge in [-0.2, -0.15) is 0 Å². The molecule has 5 heteroatoms. The third-order valence-electron chi connectivity index (χ3n) is 3.56. The van der Waals surface area contributed by atoms with Gasteiger partial charge < -0.3 is 0 Å². The van der Waals surface area contributed by atoms with E-state index < -0.39 is 0 Å². The third-order valence-corrected chi connectivity index (χ3v) is 4.68. The zero-order valence-corrected chi connectivity index (χ0v) is 12.2. The number of hydrogen-bond acceptors (Lipinski definition) is 4. The quantitative estimate of drug-likeness (QED) is 0.516.